The van der Waals surface area contributed by atoms with Crippen molar-refractivity contribution in [1.82, 2.24) is 0 Å². The van der Waals surface area contributed by atoms with E-state index in [0.717, 1.165) is 0 Å². The fourth-order valence-electron chi connectivity index (χ4n) is 1.06. The molecule has 0 unspecified atom stereocenters. The third-order valence-electron chi connectivity index (χ3n) is 1.79. The molecule has 0 aliphatic heterocycles. The van der Waals surface area contributed by atoms with Gasteiger partial charge < -0.3 is 4.18 Å². The van der Waals surface area contributed by atoms with Crippen molar-refractivity contribution in [3.05, 3.63) is 42.5 Å². The van der Waals surface area contributed by atoms with Crippen molar-refractivity contribution < 1.29 is 25.6 Å². The zero-order valence-corrected chi connectivity index (χ0v) is 10.2. The molecule has 0 heterocycles. The van der Waals surface area contributed by atoms with Crippen molar-refractivity contribution in [2.75, 3.05) is 0 Å². The van der Waals surface area contributed by atoms with Crippen molar-refractivity contribution in [2.45, 2.75) is 6.42 Å². The molecule has 0 aliphatic rings. The van der Waals surface area contributed by atoms with Gasteiger partial charge in [-0.3, -0.25) is 4.55 Å². The summed E-state index contributed by atoms with van der Waals surface area (Å²) in [7, 11) is -10.4. The monoisotopic (exact) mass is 278 g/mol. The molecule has 1 aromatic rings. The first-order valence-corrected chi connectivity index (χ1v) is 7.75. The molecular formula is C9H10O6S2. The van der Waals surface area contributed by atoms with E-state index >= 15 is 0 Å². The van der Waals surface area contributed by atoms with Crippen molar-refractivity contribution in [1.29, 1.82) is 0 Å². The molecule has 6 nitrogen and oxygen atoms in total. The van der Waals surface area contributed by atoms with Crippen LogP contribution >= 0.6 is 0 Å². The van der Waals surface area contributed by atoms with Crippen LogP contribution in [0.5, 0.6) is 5.75 Å². The van der Waals surface area contributed by atoms with Crippen molar-refractivity contribution in [3.63, 3.8) is 0 Å². The van der Waals surface area contributed by atoms with Gasteiger partial charge in [-0.25, -0.2) is 0 Å². The van der Waals surface area contributed by atoms with Crippen LogP contribution in [0.4, 0.5) is 0 Å². The number of benzene rings is 1. The Kier molecular flexibility index (Phi) is 3.91. The second-order valence-corrected chi connectivity index (χ2v) is 7.35. The molecule has 0 saturated heterocycles. The van der Waals surface area contributed by atoms with E-state index in [-0.39, 0.29) is 5.75 Å². The van der Waals surface area contributed by atoms with Gasteiger partial charge in [-0.1, -0.05) is 24.3 Å². The van der Waals surface area contributed by atoms with Crippen LogP contribution in [0.15, 0.2) is 36.9 Å². The average Bonchev–Trinajstić information content (AvgIpc) is 2.19. The summed E-state index contributed by atoms with van der Waals surface area (Å²) in [6, 6.07) is 5.94. The molecule has 17 heavy (non-hydrogen) atoms. The summed E-state index contributed by atoms with van der Waals surface area (Å²) in [5.41, 5.74) is 0.440. The van der Waals surface area contributed by atoms with Gasteiger partial charge in [-0.2, -0.15) is 16.8 Å². The van der Waals surface area contributed by atoms with E-state index in [9.17, 15) is 16.8 Å². The van der Waals surface area contributed by atoms with Gasteiger partial charge in [0.25, 0.3) is 0 Å². The Labute approximate surface area is 98.8 Å². The highest BCUT2D eigenvalue weighted by molar-refractivity contribution is 8.63. The minimum absolute atomic E-state index is 0.162. The smallest absolute Gasteiger partial charge is 0.369 e. The maximum absolute atomic E-state index is 11.1. The van der Waals surface area contributed by atoms with E-state index in [4.69, 9.17) is 4.55 Å². The minimum atomic E-state index is -5.31. The predicted octanol–water partition coefficient (Wildman–Crippen LogP) is 0.927. The lowest BCUT2D eigenvalue weighted by molar-refractivity contribution is 0.461. The molecule has 0 atom stereocenters. The van der Waals surface area contributed by atoms with Crippen LogP contribution in [-0.4, -0.2) is 21.4 Å². The van der Waals surface area contributed by atoms with Gasteiger partial charge >= 0.3 is 18.3 Å². The lowest BCUT2D eigenvalue weighted by Crippen LogP contribution is -2.20. The first kappa shape index (κ1) is 13.7. The van der Waals surface area contributed by atoms with Crippen LogP contribution in [0.25, 0.3) is 0 Å². The molecule has 0 saturated carbocycles. The van der Waals surface area contributed by atoms with E-state index in [1.807, 2.05) is 0 Å². The summed E-state index contributed by atoms with van der Waals surface area (Å²) >= 11 is 0. The second kappa shape index (κ2) is 4.86. The molecular weight excluding hydrogens is 268 g/mol. The fraction of sp³-hybridized carbons (Fsp3) is 0.111. The highest BCUT2D eigenvalue weighted by atomic mass is 33.2. The van der Waals surface area contributed by atoms with Gasteiger partial charge in [0, 0.05) is 0 Å². The normalized spacial score (nSPS) is 12.1. The first-order valence-electron chi connectivity index (χ1n) is 4.38. The molecule has 0 aromatic heterocycles. The van der Waals surface area contributed by atoms with E-state index in [0.29, 0.717) is 12.0 Å². The molecule has 8 heteroatoms. The molecule has 1 rings (SSSR count). The Morgan fingerprint density at radius 1 is 1.24 bits per heavy atom. The summed E-state index contributed by atoms with van der Waals surface area (Å²) in [6.07, 6.45) is 1.80. The summed E-state index contributed by atoms with van der Waals surface area (Å²) in [6.45, 7) is 3.47. The molecule has 0 aliphatic carbocycles. The quantitative estimate of drug-likeness (QED) is 0.488. The Bertz CT molecular complexity index is 615. The van der Waals surface area contributed by atoms with Crippen LogP contribution in [0.3, 0.4) is 0 Å². The van der Waals surface area contributed by atoms with Crippen LogP contribution in [0, 0.1) is 0 Å². The fourth-order valence-corrected chi connectivity index (χ4v) is 2.01. The maximum Gasteiger partial charge on any atom is 0.444 e. The summed E-state index contributed by atoms with van der Waals surface area (Å²) in [5, 5.41) is 0. The number of hydrogen-bond donors (Lipinski definition) is 1. The molecule has 0 amide bonds. The Morgan fingerprint density at radius 2 is 1.82 bits per heavy atom. The highest BCUT2D eigenvalue weighted by Gasteiger charge is 2.30. The van der Waals surface area contributed by atoms with Crippen molar-refractivity contribution in [2.24, 2.45) is 0 Å². The maximum atomic E-state index is 11.1. The Balaban J connectivity index is 3.17. The minimum Gasteiger partial charge on any atom is -0.369 e. The zero-order chi connectivity index (χ0) is 13.1. The van der Waals surface area contributed by atoms with Crippen LogP contribution in [0.1, 0.15) is 5.56 Å². The third-order valence-corrected chi connectivity index (χ3v) is 4.44. The third kappa shape index (κ3) is 3.29. The summed E-state index contributed by atoms with van der Waals surface area (Å²) in [5.74, 6) is -0.162. The molecule has 1 N–H and O–H groups in total. The topological polar surface area (TPSA) is 97.7 Å². The summed E-state index contributed by atoms with van der Waals surface area (Å²) < 4.78 is 56.1. The van der Waals surface area contributed by atoms with Crippen LogP contribution < -0.4 is 4.18 Å². The summed E-state index contributed by atoms with van der Waals surface area (Å²) in [4.78, 5) is 0. The van der Waals surface area contributed by atoms with E-state index in [1.54, 1.807) is 12.1 Å². The first-order chi connectivity index (χ1) is 7.78. The molecule has 0 radical (unpaired) electrons. The number of para-hydroxylation sites is 1. The van der Waals surface area contributed by atoms with Crippen LogP contribution in [0.2, 0.25) is 0 Å². The molecule has 0 bridgehead atoms. The number of hydrogen-bond acceptors (Lipinski definition) is 5. The molecule has 1 aromatic carbocycles. The molecule has 0 fully saturated rings. The second-order valence-electron chi connectivity index (χ2n) is 3.02. The van der Waals surface area contributed by atoms with Gasteiger partial charge in [-0.15, -0.1) is 6.58 Å². The lowest BCUT2D eigenvalue weighted by Gasteiger charge is -2.07. The van der Waals surface area contributed by atoms with Crippen molar-refractivity contribution >= 4 is 18.3 Å². The lowest BCUT2D eigenvalue weighted by atomic mass is 10.1. The van der Waals surface area contributed by atoms with E-state index in [2.05, 4.69) is 10.8 Å². The zero-order valence-electron chi connectivity index (χ0n) is 8.61. The Hall–Kier alpha value is -1.38. The number of allylic oxidation sites excluding steroid dienone is 1. The number of rotatable bonds is 5. The molecule has 94 valence electrons. The van der Waals surface area contributed by atoms with E-state index < -0.39 is 18.3 Å². The standard InChI is InChI=1S/C9H10O6S2/c1-2-5-8-6-3-4-7-9(8)15-17(13,14)16(10,11)12/h2-4,6-7H,1,5H2,(H,10,11,12). The van der Waals surface area contributed by atoms with Gasteiger partial charge in [0.05, 0.1) is 0 Å². The van der Waals surface area contributed by atoms with Gasteiger partial charge in [0.15, 0.2) is 0 Å². The predicted molar refractivity (Wildman–Crippen MR) is 61.4 cm³/mol. The largest absolute Gasteiger partial charge is 0.444 e. The van der Waals surface area contributed by atoms with Crippen LogP contribution in [-0.2, 0) is 24.7 Å². The average molecular weight is 278 g/mol. The van der Waals surface area contributed by atoms with Crippen molar-refractivity contribution in [3.8, 4) is 5.75 Å². The van der Waals surface area contributed by atoms with E-state index in [1.165, 1.54) is 18.2 Å². The SMILES string of the molecule is C=CCc1ccccc1OS(=O)(=O)S(=O)(=O)O. The van der Waals surface area contributed by atoms with Gasteiger partial charge in [0.1, 0.15) is 5.75 Å². The van der Waals surface area contributed by atoms with Gasteiger partial charge in [0.2, 0.25) is 0 Å². The molecule has 0 spiro atoms. The van der Waals surface area contributed by atoms with Gasteiger partial charge in [-0.05, 0) is 18.1 Å². The highest BCUT2D eigenvalue weighted by Crippen LogP contribution is 2.21. The Morgan fingerprint density at radius 3 is 2.35 bits per heavy atom.